The van der Waals surface area contributed by atoms with Crippen molar-refractivity contribution in [2.75, 3.05) is 13.4 Å². The number of methoxy groups -OCH3 is 1. The Labute approximate surface area is 144 Å². The maximum atomic E-state index is 11.7. The molecule has 3 rings (SSSR count). The topological polar surface area (TPSA) is 82.9 Å². The number of hydrogen-bond donors (Lipinski definition) is 1. The first kappa shape index (κ1) is 16.4. The summed E-state index contributed by atoms with van der Waals surface area (Å²) in [5.41, 5.74) is 1.04. The molecule has 1 aromatic heterocycles. The summed E-state index contributed by atoms with van der Waals surface area (Å²) in [7, 11) is -1.69. The minimum Gasteiger partial charge on any atom is -0.497 e. The third-order valence-corrected chi connectivity index (χ3v) is 5.79. The SMILES string of the molecule is COc1ccc(Sc2c(C#N)[nH]c3cc(S(C)(=O)=O)ccc23)cc1. The van der Waals surface area contributed by atoms with Gasteiger partial charge in [-0.25, -0.2) is 8.42 Å². The first-order valence-electron chi connectivity index (χ1n) is 7.00. The molecule has 0 saturated heterocycles. The number of nitrogens with one attached hydrogen (secondary N) is 1. The van der Waals surface area contributed by atoms with Gasteiger partial charge in [-0.1, -0.05) is 17.8 Å². The van der Waals surface area contributed by atoms with E-state index >= 15 is 0 Å². The molecule has 24 heavy (non-hydrogen) atoms. The summed E-state index contributed by atoms with van der Waals surface area (Å²) in [6.07, 6.45) is 1.16. The fourth-order valence-corrected chi connectivity index (χ4v) is 3.97. The Hall–Kier alpha value is -2.43. The molecule has 7 heteroatoms. The van der Waals surface area contributed by atoms with Crippen LogP contribution in [0.1, 0.15) is 5.69 Å². The van der Waals surface area contributed by atoms with E-state index in [-0.39, 0.29) is 4.90 Å². The number of fused-ring (bicyclic) bond motifs is 1. The van der Waals surface area contributed by atoms with Gasteiger partial charge in [-0.15, -0.1) is 0 Å². The van der Waals surface area contributed by atoms with E-state index in [1.807, 2.05) is 24.3 Å². The number of aromatic nitrogens is 1. The summed E-state index contributed by atoms with van der Waals surface area (Å²) < 4.78 is 28.5. The number of nitriles is 1. The lowest BCUT2D eigenvalue weighted by Gasteiger charge is -2.04. The van der Waals surface area contributed by atoms with Gasteiger partial charge < -0.3 is 9.72 Å². The molecule has 1 heterocycles. The first-order chi connectivity index (χ1) is 11.4. The number of nitrogens with zero attached hydrogens (tertiary/aromatic N) is 1. The number of H-pyrrole nitrogens is 1. The predicted molar refractivity (Wildman–Crippen MR) is 93.2 cm³/mol. The van der Waals surface area contributed by atoms with E-state index < -0.39 is 9.84 Å². The molecule has 5 nitrogen and oxygen atoms in total. The van der Waals surface area contributed by atoms with Crippen molar-refractivity contribution in [2.24, 2.45) is 0 Å². The second-order valence-electron chi connectivity index (χ2n) is 5.20. The van der Waals surface area contributed by atoms with Crippen molar-refractivity contribution in [2.45, 2.75) is 14.7 Å². The number of ether oxygens (including phenoxy) is 1. The Balaban J connectivity index is 2.07. The van der Waals surface area contributed by atoms with Crippen molar-refractivity contribution in [3.8, 4) is 11.8 Å². The summed E-state index contributed by atoms with van der Waals surface area (Å²) in [5.74, 6) is 0.761. The zero-order chi connectivity index (χ0) is 17.3. The van der Waals surface area contributed by atoms with Crippen LogP contribution in [0, 0.1) is 11.3 Å². The summed E-state index contributed by atoms with van der Waals surface area (Å²) in [4.78, 5) is 4.96. The van der Waals surface area contributed by atoms with Crippen molar-refractivity contribution in [1.29, 1.82) is 5.26 Å². The van der Waals surface area contributed by atoms with Gasteiger partial charge in [-0.05, 0) is 36.4 Å². The molecule has 3 aromatic rings. The third-order valence-electron chi connectivity index (χ3n) is 3.54. The van der Waals surface area contributed by atoms with Crippen LogP contribution in [0.25, 0.3) is 10.9 Å². The first-order valence-corrected chi connectivity index (χ1v) is 9.71. The number of sulfone groups is 1. The highest BCUT2D eigenvalue weighted by atomic mass is 32.2. The minimum absolute atomic E-state index is 0.224. The molecule has 0 fully saturated rings. The molecule has 2 aromatic carbocycles. The molecule has 0 amide bonds. The fraction of sp³-hybridized carbons (Fsp3) is 0.118. The number of hydrogen-bond acceptors (Lipinski definition) is 5. The van der Waals surface area contributed by atoms with Gasteiger partial charge in [0.25, 0.3) is 0 Å². The van der Waals surface area contributed by atoms with Crippen LogP contribution in [0.15, 0.2) is 57.2 Å². The Kier molecular flexibility index (Phi) is 4.26. The van der Waals surface area contributed by atoms with Gasteiger partial charge in [0.05, 0.1) is 16.9 Å². The average Bonchev–Trinajstić information content (AvgIpc) is 2.92. The van der Waals surface area contributed by atoms with Gasteiger partial charge in [0.15, 0.2) is 9.84 Å². The molecule has 0 spiro atoms. The van der Waals surface area contributed by atoms with E-state index in [0.717, 1.165) is 27.2 Å². The molecule has 0 saturated carbocycles. The van der Waals surface area contributed by atoms with Crippen LogP contribution in [0.2, 0.25) is 0 Å². The van der Waals surface area contributed by atoms with E-state index in [0.29, 0.717) is 11.2 Å². The van der Waals surface area contributed by atoms with Crippen LogP contribution in [-0.2, 0) is 9.84 Å². The number of benzene rings is 2. The Morgan fingerprint density at radius 3 is 2.46 bits per heavy atom. The lowest BCUT2D eigenvalue weighted by atomic mass is 10.2. The fourth-order valence-electron chi connectivity index (χ4n) is 2.33. The van der Waals surface area contributed by atoms with E-state index in [1.165, 1.54) is 11.8 Å². The highest BCUT2D eigenvalue weighted by Crippen LogP contribution is 2.37. The number of rotatable bonds is 4. The maximum Gasteiger partial charge on any atom is 0.175 e. The van der Waals surface area contributed by atoms with Crippen molar-refractivity contribution in [3.63, 3.8) is 0 Å². The molecule has 0 aliphatic heterocycles. The second-order valence-corrected chi connectivity index (χ2v) is 8.30. The molecule has 122 valence electrons. The summed E-state index contributed by atoms with van der Waals surface area (Å²) in [6.45, 7) is 0. The van der Waals surface area contributed by atoms with Gasteiger partial charge in [0.1, 0.15) is 17.5 Å². The lowest BCUT2D eigenvalue weighted by molar-refractivity contribution is 0.414. The van der Waals surface area contributed by atoms with Crippen LogP contribution < -0.4 is 4.74 Å². The highest BCUT2D eigenvalue weighted by Gasteiger charge is 2.15. The third kappa shape index (κ3) is 3.11. The monoisotopic (exact) mass is 358 g/mol. The minimum atomic E-state index is -3.29. The van der Waals surface area contributed by atoms with E-state index in [9.17, 15) is 13.7 Å². The normalized spacial score (nSPS) is 11.4. The average molecular weight is 358 g/mol. The predicted octanol–water partition coefficient (Wildman–Crippen LogP) is 3.60. The van der Waals surface area contributed by atoms with E-state index in [4.69, 9.17) is 4.74 Å². The smallest absolute Gasteiger partial charge is 0.175 e. The standard InChI is InChI=1S/C17H14N2O3S2/c1-22-11-3-5-12(6-4-11)23-17-14-8-7-13(24(2,20)21)9-15(14)19-16(17)10-18/h3-9,19H,1-2H3. The molecule has 1 N–H and O–H groups in total. The van der Waals surface area contributed by atoms with Gasteiger partial charge in [-0.2, -0.15) is 5.26 Å². The molecule has 0 bridgehead atoms. The van der Waals surface area contributed by atoms with Gasteiger partial charge >= 0.3 is 0 Å². The van der Waals surface area contributed by atoms with Crippen molar-refractivity contribution in [3.05, 3.63) is 48.2 Å². The molecular weight excluding hydrogens is 344 g/mol. The molecular formula is C17H14N2O3S2. The quantitative estimate of drug-likeness (QED) is 0.770. The molecule has 0 atom stereocenters. The second kappa shape index (κ2) is 6.23. The molecule has 0 aliphatic carbocycles. The Morgan fingerprint density at radius 1 is 1.17 bits per heavy atom. The summed E-state index contributed by atoms with van der Waals surface area (Å²) in [6, 6.07) is 14.5. The van der Waals surface area contributed by atoms with Crippen molar-refractivity contribution >= 4 is 32.5 Å². The van der Waals surface area contributed by atoms with Crippen LogP contribution in [-0.4, -0.2) is 26.8 Å². The van der Waals surface area contributed by atoms with Crippen LogP contribution in [0.5, 0.6) is 5.75 Å². The highest BCUT2D eigenvalue weighted by molar-refractivity contribution is 7.99. The Morgan fingerprint density at radius 2 is 1.88 bits per heavy atom. The molecule has 0 aliphatic rings. The Bertz CT molecular complexity index is 1050. The zero-order valence-corrected chi connectivity index (χ0v) is 14.7. The summed E-state index contributed by atoms with van der Waals surface area (Å²) in [5, 5.41) is 10.2. The molecule has 0 radical (unpaired) electrons. The largest absolute Gasteiger partial charge is 0.497 e. The van der Waals surface area contributed by atoms with E-state index in [2.05, 4.69) is 11.1 Å². The van der Waals surface area contributed by atoms with Gasteiger partial charge in [0.2, 0.25) is 0 Å². The van der Waals surface area contributed by atoms with Crippen LogP contribution in [0.3, 0.4) is 0 Å². The lowest BCUT2D eigenvalue weighted by Crippen LogP contribution is -1.96. The van der Waals surface area contributed by atoms with Crippen LogP contribution >= 0.6 is 11.8 Å². The zero-order valence-electron chi connectivity index (χ0n) is 13.0. The van der Waals surface area contributed by atoms with Gasteiger partial charge in [-0.3, -0.25) is 0 Å². The van der Waals surface area contributed by atoms with Crippen molar-refractivity contribution in [1.82, 2.24) is 4.98 Å². The molecule has 0 unspecified atom stereocenters. The summed E-state index contributed by atoms with van der Waals surface area (Å²) >= 11 is 1.45. The maximum absolute atomic E-state index is 11.7. The van der Waals surface area contributed by atoms with Crippen LogP contribution in [0.4, 0.5) is 0 Å². The van der Waals surface area contributed by atoms with Gasteiger partial charge in [0, 0.05) is 22.1 Å². The van der Waals surface area contributed by atoms with E-state index in [1.54, 1.807) is 25.3 Å². The number of aromatic amines is 1. The van der Waals surface area contributed by atoms with Crippen molar-refractivity contribution < 1.29 is 13.2 Å².